The molecule has 1 aliphatic rings. The fourth-order valence-corrected chi connectivity index (χ4v) is 3.70. The maximum Gasteiger partial charge on any atom is 0.323 e. The first-order valence-corrected chi connectivity index (χ1v) is 11.0. The van der Waals surface area contributed by atoms with Crippen molar-refractivity contribution >= 4 is 29.0 Å². The number of benzene rings is 2. The van der Waals surface area contributed by atoms with Crippen LogP contribution in [0.25, 0.3) is 0 Å². The molecule has 1 fully saturated rings. The van der Waals surface area contributed by atoms with Gasteiger partial charge in [-0.25, -0.2) is 4.79 Å². The minimum atomic E-state index is -0.257. The van der Waals surface area contributed by atoms with Gasteiger partial charge in [-0.15, -0.1) is 0 Å². The van der Waals surface area contributed by atoms with Crippen LogP contribution in [0, 0.1) is 5.41 Å². The molecule has 3 amide bonds. The number of urea groups is 1. The highest BCUT2D eigenvalue weighted by molar-refractivity contribution is 5.99. The van der Waals surface area contributed by atoms with E-state index in [-0.39, 0.29) is 17.4 Å². The number of hydrogen-bond donors (Lipinski definition) is 2. The van der Waals surface area contributed by atoms with Gasteiger partial charge in [0, 0.05) is 49.7 Å². The minimum absolute atomic E-state index is 0.0160. The first-order valence-electron chi connectivity index (χ1n) is 11.0. The summed E-state index contributed by atoms with van der Waals surface area (Å²) in [5.74, 6) is 0.238. The molecule has 1 aliphatic heterocycles. The van der Waals surface area contributed by atoms with Crippen molar-refractivity contribution in [3.05, 3.63) is 54.1 Å². The number of nitrogens with zero attached hydrogens (tertiary/aromatic N) is 2. The fourth-order valence-electron chi connectivity index (χ4n) is 3.70. The van der Waals surface area contributed by atoms with Gasteiger partial charge in [-0.3, -0.25) is 4.79 Å². The molecular weight excluding hydrogens is 388 g/mol. The van der Waals surface area contributed by atoms with Crippen molar-refractivity contribution in [1.82, 2.24) is 4.90 Å². The summed E-state index contributed by atoms with van der Waals surface area (Å²) < 4.78 is 0. The summed E-state index contributed by atoms with van der Waals surface area (Å²) in [6, 6.07) is 15.4. The van der Waals surface area contributed by atoms with Gasteiger partial charge >= 0.3 is 6.03 Å². The predicted molar refractivity (Wildman–Crippen MR) is 128 cm³/mol. The van der Waals surface area contributed by atoms with Crippen molar-refractivity contribution in [1.29, 1.82) is 0 Å². The molecule has 0 saturated carbocycles. The Morgan fingerprint density at radius 3 is 2.16 bits per heavy atom. The van der Waals surface area contributed by atoms with Gasteiger partial charge in [-0.05, 0) is 53.8 Å². The Kier molecular flexibility index (Phi) is 7.21. The van der Waals surface area contributed by atoms with Crippen LogP contribution in [0.1, 0.15) is 39.7 Å². The standard InChI is InChI=1S/C25H34N4O2/c1-5-19-7-6-8-21(17-19)27-24(31)26-20-9-11-22(12-10-20)28-13-15-29(16-14-28)23(30)18-25(2,3)4/h6-12,17H,5,13-16,18H2,1-4H3,(H2,26,27,31). The summed E-state index contributed by atoms with van der Waals surface area (Å²) in [5.41, 5.74) is 3.83. The number of piperazine rings is 1. The molecule has 0 aliphatic carbocycles. The molecule has 0 atom stereocenters. The fraction of sp³-hybridized carbons (Fsp3) is 0.440. The zero-order valence-corrected chi connectivity index (χ0v) is 19.1. The van der Waals surface area contributed by atoms with Gasteiger partial charge in [0.15, 0.2) is 0 Å². The van der Waals surface area contributed by atoms with E-state index in [4.69, 9.17) is 0 Å². The molecule has 1 heterocycles. The Bertz CT molecular complexity index is 894. The Labute approximate surface area is 185 Å². The average molecular weight is 423 g/mol. The number of nitrogens with one attached hydrogen (secondary N) is 2. The second-order valence-corrected chi connectivity index (χ2v) is 9.29. The second kappa shape index (κ2) is 9.86. The number of carbonyl (C=O) groups is 2. The first kappa shape index (κ1) is 22.7. The largest absolute Gasteiger partial charge is 0.368 e. The number of aryl methyl sites for hydroxylation is 1. The second-order valence-electron chi connectivity index (χ2n) is 9.29. The van der Waals surface area contributed by atoms with E-state index in [9.17, 15) is 9.59 Å². The summed E-state index contributed by atoms with van der Waals surface area (Å²) in [6.45, 7) is 11.5. The number of carbonyl (C=O) groups excluding carboxylic acids is 2. The Balaban J connectivity index is 1.50. The quantitative estimate of drug-likeness (QED) is 0.714. The van der Waals surface area contributed by atoms with Crippen LogP contribution < -0.4 is 15.5 Å². The van der Waals surface area contributed by atoms with E-state index in [1.807, 2.05) is 53.4 Å². The molecule has 2 aromatic carbocycles. The van der Waals surface area contributed by atoms with Gasteiger partial charge in [-0.2, -0.15) is 0 Å². The van der Waals surface area contributed by atoms with Crippen molar-refractivity contribution in [2.24, 2.45) is 5.41 Å². The van der Waals surface area contributed by atoms with Gasteiger partial charge in [0.1, 0.15) is 0 Å². The van der Waals surface area contributed by atoms with Crippen LogP contribution in [-0.4, -0.2) is 43.0 Å². The van der Waals surface area contributed by atoms with Crippen molar-refractivity contribution in [2.75, 3.05) is 41.7 Å². The van der Waals surface area contributed by atoms with E-state index in [1.165, 1.54) is 5.56 Å². The molecular formula is C25H34N4O2. The third kappa shape index (κ3) is 6.74. The molecule has 2 N–H and O–H groups in total. The summed E-state index contributed by atoms with van der Waals surface area (Å²) >= 11 is 0. The van der Waals surface area contributed by atoms with Crippen LogP contribution in [0.15, 0.2) is 48.5 Å². The summed E-state index contributed by atoms with van der Waals surface area (Å²) in [5, 5.41) is 5.76. The van der Waals surface area contributed by atoms with Crippen LogP contribution in [-0.2, 0) is 11.2 Å². The Morgan fingerprint density at radius 2 is 1.55 bits per heavy atom. The molecule has 2 aromatic rings. The lowest BCUT2D eigenvalue weighted by Crippen LogP contribution is -2.49. The number of anilines is 3. The van der Waals surface area contributed by atoms with Crippen LogP contribution in [0.2, 0.25) is 0 Å². The van der Waals surface area contributed by atoms with Crippen molar-refractivity contribution in [3.63, 3.8) is 0 Å². The molecule has 0 aromatic heterocycles. The topological polar surface area (TPSA) is 64.7 Å². The molecule has 0 spiro atoms. The third-order valence-corrected chi connectivity index (χ3v) is 5.40. The summed E-state index contributed by atoms with van der Waals surface area (Å²) in [4.78, 5) is 29.0. The van der Waals surface area contributed by atoms with Crippen molar-refractivity contribution < 1.29 is 9.59 Å². The van der Waals surface area contributed by atoms with E-state index >= 15 is 0 Å². The lowest BCUT2D eigenvalue weighted by molar-refractivity contribution is -0.133. The molecule has 0 unspecified atom stereocenters. The highest BCUT2D eigenvalue weighted by atomic mass is 16.2. The number of amides is 3. The summed E-state index contributed by atoms with van der Waals surface area (Å²) in [6.07, 6.45) is 1.51. The highest BCUT2D eigenvalue weighted by Gasteiger charge is 2.24. The highest BCUT2D eigenvalue weighted by Crippen LogP contribution is 2.23. The number of rotatable bonds is 5. The number of hydrogen-bond acceptors (Lipinski definition) is 3. The maximum absolute atomic E-state index is 12.4. The van der Waals surface area contributed by atoms with Gasteiger partial charge < -0.3 is 20.4 Å². The first-order chi connectivity index (χ1) is 14.7. The molecule has 166 valence electrons. The van der Waals surface area contributed by atoms with E-state index in [0.717, 1.165) is 49.7 Å². The third-order valence-electron chi connectivity index (χ3n) is 5.40. The average Bonchev–Trinajstić information content (AvgIpc) is 2.73. The Morgan fingerprint density at radius 1 is 0.903 bits per heavy atom. The molecule has 6 heteroatoms. The minimum Gasteiger partial charge on any atom is -0.368 e. The molecule has 3 rings (SSSR count). The van der Waals surface area contributed by atoms with Crippen LogP contribution in [0.5, 0.6) is 0 Å². The molecule has 0 radical (unpaired) electrons. The predicted octanol–water partition coefficient (Wildman–Crippen LogP) is 4.98. The van der Waals surface area contributed by atoms with Crippen LogP contribution in [0.3, 0.4) is 0 Å². The van der Waals surface area contributed by atoms with Gasteiger partial charge in [0.25, 0.3) is 0 Å². The zero-order valence-electron chi connectivity index (χ0n) is 19.1. The van der Waals surface area contributed by atoms with E-state index < -0.39 is 0 Å². The van der Waals surface area contributed by atoms with E-state index in [0.29, 0.717) is 6.42 Å². The maximum atomic E-state index is 12.4. The molecule has 6 nitrogen and oxygen atoms in total. The Hall–Kier alpha value is -3.02. The SMILES string of the molecule is CCc1cccc(NC(=O)Nc2ccc(N3CCN(C(=O)CC(C)(C)C)CC3)cc2)c1. The van der Waals surface area contributed by atoms with Gasteiger partial charge in [-0.1, -0.05) is 39.8 Å². The summed E-state index contributed by atoms with van der Waals surface area (Å²) in [7, 11) is 0. The van der Waals surface area contributed by atoms with E-state index in [2.05, 4.69) is 43.2 Å². The monoisotopic (exact) mass is 422 g/mol. The van der Waals surface area contributed by atoms with Crippen molar-refractivity contribution in [3.8, 4) is 0 Å². The normalized spacial score (nSPS) is 14.3. The molecule has 31 heavy (non-hydrogen) atoms. The van der Waals surface area contributed by atoms with Gasteiger partial charge in [0.2, 0.25) is 5.91 Å². The van der Waals surface area contributed by atoms with Crippen LogP contribution >= 0.6 is 0 Å². The lowest BCUT2D eigenvalue weighted by atomic mass is 9.91. The van der Waals surface area contributed by atoms with E-state index in [1.54, 1.807) is 0 Å². The van der Waals surface area contributed by atoms with Crippen molar-refractivity contribution in [2.45, 2.75) is 40.5 Å². The lowest BCUT2D eigenvalue weighted by Gasteiger charge is -2.37. The van der Waals surface area contributed by atoms with Crippen LogP contribution in [0.4, 0.5) is 21.9 Å². The van der Waals surface area contributed by atoms with Gasteiger partial charge in [0.05, 0.1) is 0 Å². The smallest absolute Gasteiger partial charge is 0.323 e. The molecule has 0 bridgehead atoms. The molecule has 1 saturated heterocycles. The zero-order chi connectivity index (χ0) is 22.4.